The average molecular weight is 335 g/mol. The third kappa shape index (κ3) is 4.37. The van der Waals surface area contributed by atoms with Crippen LogP contribution in [-0.4, -0.2) is 74.2 Å². The minimum absolute atomic E-state index is 0.0800. The number of aryl methyl sites for hydroxylation is 1. The van der Waals surface area contributed by atoms with Crippen molar-refractivity contribution in [3.05, 3.63) is 24.2 Å². The van der Waals surface area contributed by atoms with Gasteiger partial charge in [0, 0.05) is 38.0 Å². The van der Waals surface area contributed by atoms with Crippen molar-refractivity contribution >= 4 is 5.91 Å². The van der Waals surface area contributed by atoms with Gasteiger partial charge < -0.3 is 19.4 Å². The molecule has 0 atom stereocenters. The van der Waals surface area contributed by atoms with Crippen molar-refractivity contribution < 1.29 is 13.9 Å². The van der Waals surface area contributed by atoms with Crippen molar-refractivity contribution in [2.45, 2.75) is 31.2 Å². The Hall–Kier alpha value is -1.37. The highest BCUT2D eigenvalue weighted by Crippen LogP contribution is 2.29. The van der Waals surface area contributed by atoms with Gasteiger partial charge in [0.05, 0.1) is 19.5 Å². The van der Waals surface area contributed by atoms with Crippen LogP contribution in [0.1, 0.15) is 25.0 Å². The van der Waals surface area contributed by atoms with E-state index in [1.54, 1.807) is 6.26 Å². The number of rotatable bonds is 6. The highest BCUT2D eigenvalue weighted by molar-refractivity contribution is 5.76. The van der Waals surface area contributed by atoms with Crippen molar-refractivity contribution in [1.82, 2.24) is 15.1 Å². The number of piperidine rings is 1. The monoisotopic (exact) mass is 335 g/mol. The van der Waals surface area contributed by atoms with Crippen LogP contribution in [0.3, 0.4) is 0 Å². The number of carbonyl (C=O) groups excluding carboxylic acids is 1. The Morgan fingerprint density at radius 2 is 2.00 bits per heavy atom. The van der Waals surface area contributed by atoms with E-state index in [0.29, 0.717) is 12.8 Å². The van der Waals surface area contributed by atoms with E-state index in [4.69, 9.17) is 9.15 Å². The maximum Gasteiger partial charge on any atom is 0.220 e. The van der Waals surface area contributed by atoms with Gasteiger partial charge >= 0.3 is 0 Å². The van der Waals surface area contributed by atoms with Gasteiger partial charge in [-0.3, -0.25) is 9.69 Å². The molecule has 2 aliphatic heterocycles. The zero-order valence-electron chi connectivity index (χ0n) is 14.6. The van der Waals surface area contributed by atoms with Crippen molar-refractivity contribution in [2.24, 2.45) is 0 Å². The Balaban J connectivity index is 1.54. The molecule has 2 fully saturated rings. The molecule has 3 rings (SSSR count). The molecular formula is C18H29N3O3. The Labute approximate surface area is 144 Å². The molecule has 0 spiro atoms. The zero-order valence-corrected chi connectivity index (χ0v) is 14.6. The Morgan fingerprint density at radius 1 is 1.25 bits per heavy atom. The number of nitrogens with one attached hydrogen (secondary N) is 1. The molecular weight excluding hydrogens is 306 g/mol. The van der Waals surface area contributed by atoms with Crippen LogP contribution >= 0.6 is 0 Å². The maximum atomic E-state index is 12.3. The number of hydrogen-bond acceptors (Lipinski definition) is 5. The third-order valence-electron chi connectivity index (χ3n) is 5.39. The normalized spacial score (nSPS) is 22.4. The van der Waals surface area contributed by atoms with Gasteiger partial charge in [-0.25, -0.2) is 0 Å². The van der Waals surface area contributed by atoms with Crippen LogP contribution in [0.15, 0.2) is 22.8 Å². The van der Waals surface area contributed by atoms with Gasteiger partial charge in [0.1, 0.15) is 5.76 Å². The first-order valence-electron chi connectivity index (χ1n) is 8.98. The molecule has 0 saturated carbocycles. The first-order valence-corrected chi connectivity index (χ1v) is 8.98. The zero-order chi connectivity index (χ0) is 16.8. The Kier molecular flexibility index (Phi) is 5.92. The minimum Gasteiger partial charge on any atom is -0.469 e. The molecule has 2 saturated heterocycles. The summed E-state index contributed by atoms with van der Waals surface area (Å²) in [4.78, 5) is 17.2. The number of amides is 1. The van der Waals surface area contributed by atoms with Crippen molar-refractivity contribution in [2.75, 3.05) is 53.0 Å². The highest BCUT2D eigenvalue weighted by Gasteiger charge is 2.39. The molecule has 1 amide bonds. The maximum absolute atomic E-state index is 12.3. The van der Waals surface area contributed by atoms with E-state index >= 15 is 0 Å². The molecule has 134 valence electrons. The van der Waals surface area contributed by atoms with Crippen LogP contribution in [0.5, 0.6) is 0 Å². The smallest absolute Gasteiger partial charge is 0.220 e. The molecule has 1 aromatic heterocycles. The SMILES string of the molecule is CN1CCC(CNC(=O)CCc2ccco2)(N2CCOCC2)CC1. The second-order valence-corrected chi connectivity index (χ2v) is 6.98. The number of morpholine rings is 1. The Bertz CT molecular complexity index is 504. The first kappa shape index (κ1) is 17.5. The summed E-state index contributed by atoms with van der Waals surface area (Å²) in [6.07, 6.45) is 4.99. The second-order valence-electron chi connectivity index (χ2n) is 6.98. The standard InChI is InChI=1S/C18H29N3O3/c1-20-8-6-18(7-9-20,21-10-13-23-14-11-21)15-19-17(22)5-4-16-3-2-12-24-16/h2-3,12H,4-11,13-15H2,1H3,(H,19,22). The van der Waals surface area contributed by atoms with Crippen LogP contribution in [0, 0.1) is 0 Å². The lowest BCUT2D eigenvalue weighted by Crippen LogP contribution is -2.62. The van der Waals surface area contributed by atoms with E-state index in [2.05, 4.69) is 22.2 Å². The van der Waals surface area contributed by atoms with Crippen molar-refractivity contribution in [1.29, 1.82) is 0 Å². The van der Waals surface area contributed by atoms with Gasteiger partial charge in [-0.15, -0.1) is 0 Å². The molecule has 0 unspecified atom stereocenters. The predicted octanol–water partition coefficient (Wildman–Crippen LogP) is 1.12. The van der Waals surface area contributed by atoms with Crippen molar-refractivity contribution in [3.63, 3.8) is 0 Å². The van der Waals surface area contributed by atoms with Crippen LogP contribution in [0.4, 0.5) is 0 Å². The summed E-state index contributed by atoms with van der Waals surface area (Å²) < 4.78 is 10.8. The van der Waals surface area contributed by atoms with Gasteiger partial charge in [0.25, 0.3) is 0 Å². The average Bonchev–Trinajstić information content (AvgIpc) is 3.14. The lowest BCUT2D eigenvalue weighted by Gasteiger charge is -2.49. The molecule has 0 bridgehead atoms. The summed E-state index contributed by atoms with van der Waals surface area (Å²) in [5.74, 6) is 0.977. The summed E-state index contributed by atoms with van der Waals surface area (Å²) >= 11 is 0. The fourth-order valence-corrected chi connectivity index (χ4v) is 3.72. The molecule has 6 nitrogen and oxygen atoms in total. The van der Waals surface area contributed by atoms with E-state index in [1.165, 1.54) is 0 Å². The lowest BCUT2D eigenvalue weighted by molar-refractivity contribution is -0.122. The molecule has 3 heterocycles. The van der Waals surface area contributed by atoms with E-state index in [0.717, 1.165) is 64.5 Å². The molecule has 0 radical (unpaired) electrons. The van der Waals surface area contributed by atoms with Gasteiger partial charge in [-0.05, 0) is 45.1 Å². The molecule has 24 heavy (non-hydrogen) atoms. The quantitative estimate of drug-likeness (QED) is 0.844. The molecule has 2 aliphatic rings. The Morgan fingerprint density at radius 3 is 2.67 bits per heavy atom. The summed E-state index contributed by atoms with van der Waals surface area (Å²) in [5, 5.41) is 3.19. The highest BCUT2D eigenvalue weighted by atomic mass is 16.5. The van der Waals surface area contributed by atoms with Crippen LogP contribution in [0.2, 0.25) is 0 Å². The second kappa shape index (κ2) is 8.14. The molecule has 1 aromatic rings. The van der Waals surface area contributed by atoms with Gasteiger partial charge in [-0.2, -0.15) is 0 Å². The van der Waals surface area contributed by atoms with Gasteiger partial charge in [0.15, 0.2) is 0 Å². The molecule has 1 N–H and O–H groups in total. The fourth-order valence-electron chi connectivity index (χ4n) is 3.72. The van der Waals surface area contributed by atoms with Crippen molar-refractivity contribution in [3.8, 4) is 0 Å². The van der Waals surface area contributed by atoms with E-state index in [-0.39, 0.29) is 11.4 Å². The van der Waals surface area contributed by atoms with E-state index < -0.39 is 0 Å². The fraction of sp³-hybridized carbons (Fsp3) is 0.722. The number of carbonyl (C=O) groups is 1. The number of hydrogen-bond donors (Lipinski definition) is 1. The number of likely N-dealkylation sites (tertiary alicyclic amines) is 1. The molecule has 0 aliphatic carbocycles. The van der Waals surface area contributed by atoms with E-state index in [1.807, 2.05) is 12.1 Å². The summed E-state index contributed by atoms with van der Waals surface area (Å²) in [6.45, 7) is 6.42. The number of furan rings is 1. The largest absolute Gasteiger partial charge is 0.469 e. The van der Waals surface area contributed by atoms with Crippen LogP contribution < -0.4 is 5.32 Å². The van der Waals surface area contributed by atoms with Gasteiger partial charge in [0.2, 0.25) is 5.91 Å². The first-order chi connectivity index (χ1) is 11.7. The predicted molar refractivity (Wildman–Crippen MR) is 91.9 cm³/mol. The summed E-state index contributed by atoms with van der Waals surface area (Å²) in [6, 6.07) is 3.78. The lowest BCUT2D eigenvalue weighted by atomic mass is 9.85. The minimum atomic E-state index is 0.0800. The topological polar surface area (TPSA) is 58.0 Å². The molecule has 6 heteroatoms. The van der Waals surface area contributed by atoms with Gasteiger partial charge in [-0.1, -0.05) is 0 Å². The van der Waals surface area contributed by atoms with E-state index in [9.17, 15) is 4.79 Å². The number of nitrogens with zero attached hydrogens (tertiary/aromatic N) is 2. The summed E-state index contributed by atoms with van der Waals surface area (Å²) in [7, 11) is 2.17. The van der Waals surface area contributed by atoms with Crippen LogP contribution in [-0.2, 0) is 16.0 Å². The number of ether oxygens (including phenoxy) is 1. The summed E-state index contributed by atoms with van der Waals surface area (Å²) in [5.41, 5.74) is 0.0800. The molecule has 0 aromatic carbocycles. The third-order valence-corrected chi connectivity index (χ3v) is 5.39. The van der Waals surface area contributed by atoms with Crippen LogP contribution in [0.25, 0.3) is 0 Å².